The molecular formula is C14H18ClN3O2. The number of anilines is 1. The molecular weight excluding hydrogens is 278 g/mol. The van der Waals surface area contributed by atoms with Gasteiger partial charge in [-0.3, -0.25) is 9.59 Å². The van der Waals surface area contributed by atoms with E-state index in [0.717, 1.165) is 25.9 Å². The summed E-state index contributed by atoms with van der Waals surface area (Å²) in [5, 5.41) is 2.96. The monoisotopic (exact) mass is 295 g/mol. The molecule has 6 heteroatoms. The van der Waals surface area contributed by atoms with Crippen molar-refractivity contribution in [2.24, 2.45) is 0 Å². The van der Waals surface area contributed by atoms with Crippen molar-refractivity contribution in [3.8, 4) is 0 Å². The molecule has 1 aliphatic rings. The minimum absolute atomic E-state index is 0.0533. The molecule has 3 N–H and O–H groups in total. The molecule has 2 rings (SSSR count). The molecule has 1 aliphatic heterocycles. The highest BCUT2D eigenvalue weighted by Crippen LogP contribution is 2.19. The second-order valence-corrected chi connectivity index (χ2v) is 5.37. The molecule has 1 aromatic rings. The first kappa shape index (κ1) is 14.7. The zero-order valence-electron chi connectivity index (χ0n) is 11.4. The van der Waals surface area contributed by atoms with E-state index in [1.807, 2.05) is 0 Å². The number of carbonyl (C=O) groups is 2. The lowest BCUT2D eigenvalue weighted by atomic mass is 10.1. The van der Waals surface area contributed by atoms with E-state index in [1.165, 1.54) is 6.07 Å². The first-order valence-electron chi connectivity index (χ1n) is 6.63. The van der Waals surface area contributed by atoms with E-state index in [2.05, 4.69) is 5.32 Å². The van der Waals surface area contributed by atoms with E-state index >= 15 is 0 Å². The zero-order valence-corrected chi connectivity index (χ0v) is 12.1. The van der Waals surface area contributed by atoms with Crippen molar-refractivity contribution in [3.63, 3.8) is 0 Å². The molecule has 108 valence electrons. The van der Waals surface area contributed by atoms with Crippen LogP contribution in [0.2, 0.25) is 5.02 Å². The van der Waals surface area contributed by atoms with Gasteiger partial charge in [-0.25, -0.2) is 0 Å². The SMILES string of the molecule is CC(NC(=O)c1ccc(N)cc1Cl)C(=O)N1CCCC1. The van der Waals surface area contributed by atoms with Gasteiger partial charge in [0.25, 0.3) is 5.91 Å². The highest BCUT2D eigenvalue weighted by molar-refractivity contribution is 6.34. The minimum atomic E-state index is -0.561. The van der Waals surface area contributed by atoms with E-state index in [4.69, 9.17) is 17.3 Å². The summed E-state index contributed by atoms with van der Waals surface area (Å²) in [5.74, 6) is -0.419. The third-order valence-corrected chi connectivity index (χ3v) is 3.69. The lowest BCUT2D eigenvalue weighted by Gasteiger charge is -2.21. The molecule has 1 atom stereocenters. The molecule has 5 nitrogen and oxygen atoms in total. The van der Waals surface area contributed by atoms with Gasteiger partial charge in [-0.05, 0) is 38.0 Å². The van der Waals surface area contributed by atoms with Gasteiger partial charge in [0.05, 0.1) is 10.6 Å². The van der Waals surface area contributed by atoms with Crippen molar-refractivity contribution < 1.29 is 9.59 Å². The molecule has 1 aromatic carbocycles. The van der Waals surface area contributed by atoms with Crippen LogP contribution in [0.4, 0.5) is 5.69 Å². The molecule has 1 fully saturated rings. The van der Waals surface area contributed by atoms with Gasteiger partial charge in [-0.1, -0.05) is 11.6 Å². The van der Waals surface area contributed by atoms with Crippen LogP contribution >= 0.6 is 11.6 Å². The number of benzene rings is 1. The van der Waals surface area contributed by atoms with Gasteiger partial charge in [0.15, 0.2) is 0 Å². The normalized spacial score (nSPS) is 16.0. The minimum Gasteiger partial charge on any atom is -0.399 e. The Kier molecular flexibility index (Phi) is 4.49. The maximum Gasteiger partial charge on any atom is 0.253 e. The molecule has 0 bridgehead atoms. The quantitative estimate of drug-likeness (QED) is 0.833. The summed E-state index contributed by atoms with van der Waals surface area (Å²) in [6.07, 6.45) is 2.05. The number of halogens is 1. The Bertz CT molecular complexity index is 527. The van der Waals surface area contributed by atoms with Crippen molar-refractivity contribution in [1.82, 2.24) is 10.2 Å². The van der Waals surface area contributed by atoms with Crippen molar-refractivity contribution in [2.75, 3.05) is 18.8 Å². The number of nitrogens with one attached hydrogen (secondary N) is 1. The number of nitrogen functional groups attached to an aromatic ring is 1. The Morgan fingerprint density at radius 1 is 1.35 bits per heavy atom. The van der Waals surface area contributed by atoms with Crippen LogP contribution in [-0.2, 0) is 4.79 Å². The summed E-state index contributed by atoms with van der Waals surface area (Å²) in [6, 6.07) is 4.12. The smallest absolute Gasteiger partial charge is 0.253 e. The molecule has 0 aromatic heterocycles. The second kappa shape index (κ2) is 6.13. The van der Waals surface area contributed by atoms with Crippen molar-refractivity contribution in [1.29, 1.82) is 0 Å². The first-order chi connectivity index (χ1) is 9.49. The van der Waals surface area contributed by atoms with Gasteiger partial charge < -0.3 is 16.0 Å². The summed E-state index contributed by atoms with van der Waals surface area (Å²) in [4.78, 5) is 26.0. The summed E-state index contributed by atoms with van der Waals surface area (Å²) in [7, 11) is 0. The Labute approximate surface area is 123 Å². The summed E-state index contributed by atoms with van der Waals surface area (Å²) in [6.45, 7) is 3.22. The van der Waals surface area contributed by atoms with Crippen LogP contribution in [-0.4, -0.2) is 35.8 Å². The first-order valence-corrected chi connectivity index (χ1v) is 7.01. The lowest BCUT2D eigenvalue weighted by molar-refractivity contribution is -0.131. The predicted octanol–water partition coefficient (Wildman–Crippen LogP) is 1.66. The second-order valence-electron chi connectivity index (χ2n) is 4.97. The molecule has 0 radical (unpaired) electrons. The average Bonchev–Trinajstić information content (AvgIpc) is 2.91. The van der Waals surface area contributed by atoms with Crippen molar-refractivity contribution in [3.05, 3.63) is 28.8 Å². The number of carbonyl (C=O) groups excluding carboxylic acids is 2. The fourth-order valence-electron chi connectivity index (χ4n) is 2.26. The molecule has 1 unspecified atom stereocenters. The fraction of sp³-hybridized carbons (Fsp3) is 0.429. The van der Waals surface area contributed by atoms with E-state index in [1.54, 1.807) is 24.0 Å². The van der Waals surface area contributed by atoms with E-state index < -0.39 is 6.04 Å². The van der Waals surface area contributed by atoms with Crippen LogP contribution < -0.4 is 11.1 Å². The summed E-state index contributed by atoms with van der Waals surface area (Å²) < 4.78 is 0. The van der Waals surface area contributed by atoms with Gasteiger partial charge in [0.2, 0.25) is 5.91 Å². The molecule has 1 saturated heterocycles. The molecule has 1 heterocycles. The van der Waals surface area contributed by atoms with Crippen molar-refractivity contribution >= 4 is 29.1 Å². The summed E-state index contributed by atoms with van der Waals surface area (Å²) in [5.41, 5.74) is 6.40. The Morgan fingerprint density at radius 2 is 2.00 bits per heavy atom. The molecule has 0 saturated carbocycles. The predicted molar refractivity (Wildman–Crippen MR) is 78.6 cm³/mol. The van der Waals surface area contributed by atoms with Gasteiger partial charge in [-0.15, -0.1) is 0 Å². The molecule has 0 spiro atoms. The number of amides is 2. The van der Waals surface area contributed by atoms with Crippen LogP contribution in [0, 0.1) is 0 Å². The topological polar surface area (TPSA) is 75.4 Å². The van der Waals surface area contributed by atoms with E-state index in [9.17, 15) is 9.59 Å². The van der Waals surface area contributed by atoms with E-state index in [-0.39, 0.29) is 16.8 Å². The Balaban J connectivity index is 2.01. The number of nitrogens with two attached hydrogens (primary N) is 1. The van der Waals surface area contributed by atoms with Crippen LogP contribution in [0.25, 0.3) is 0 Å². The maximum atomic E-state index is 12.1. The number of hydrogen-bond acceptors (Lipinski definition) is 3. The van der Waals surface area contributed by atoms with Crippen LogP contribution in [0.15, 0.2) is 18.2 Å². The number of rotatable bonds is 3. The standard InChI is InChI=1S/C14H18ClN3O2/c1-9(14(20)18-6-2-3-7-18)17-13(19)11-5-4-10(16)8-12(11)15/h4-5,8-9H,2-3,6-7,16H2,1H3,(H,17,19). The largest absolute Gasteiger partial charge is 0.399 e. The van der Waals surface area contributed by atoms with Gasteiger partial charge in [0, 0.05) is 18.8 Å². The Hall–Kier alpha value is -1.75. The number of likely N-dealkylation sites (tertiary alicyclic amines) is 1. The zero-order chi connectivity index (χ0) is 14.7. The van der Waals surface area contributed by atoms with Crippen LogP contribution in [0.3, 0.4) is 0 Å². The van der Waals surface area contributed by atoms with Gasteiger partial charge in [0.1, 0.15) is 6.04 Å². The van der Waals surface area contributed by atoms with Crippen LogP contribution in [0.5, 0.6) is 0 Å². The van der Waals surface area contributed by atoms with Crippen LogP contribution in [0.1, 0.15) is 30.1 Å². The highest BCUT2D eigenvalue weighted by Gasteiger charge is 2.25. The van der Waals surface area contributed by atoms with Gasteiger partial charge >= 0.3 is 0 Å². The summed E-state index contributed by atoms with van der Waals surface area (Å²) >= 11 is 5.98. The highest BCUT2D eigenvalue weighted by atomic mass is 35.5. The number of hydrogen-bond donors (Lipinski definition) is 2. The average molecular weight is 296 g/mol. The third-order valence-electron chi connectivity index (χ3n) is 3.37. The number of nitrogens with zero attached hydrogens (tertiary/aromatic N) is 1. The maximum absolute atomic E-state index is 12.1. The lowest BCUT2D eigenvalue weighted by Crippen LogP contribution is -2.46. The Morgan fingerprint density at radius 3 is 2.60 bits per heavy atom. The third kappa shape index (κ3) is 3.22. The molecule has 0 aliphatic carbocycles. The van der Waals surface area contributed by atoms with Gasteiger partial charge in [-0.2, -0.15) is 0 Å². The molecule has 20 heavy (non-hydrogen) atoms. The fourth-order valence-corrected chi connectivity index (χ4v) is 2.54. The van der Waals surface area contributed by atoms with E-state index in [0.29, 0.717) is 11.3 Å². The molecule has 2 amide bonds. The van der Waals surface area contributed by atoms with Crippen molar-refractivity contribution in [2.45, 2.75) is 25.8 Å².